The Labute approximate surface area is 67.5 Å². The molecule has 0 aromatic carbocycles. The molecule has 0 aliphatic carbocycles. The van der Waals surface area contributed by atoms with Gasteiger partial charge in [0.05, 0.1) is 6.61 Å². The van der Waals surface area contributed by atoms with Gasteiger partial charge in [0, 0.05) is 12.0 Å². The molecule has 0 aromatic heterocycles. The van der Waals surface area contributed by atoms with Crippen LogP contribution in [0.3, 0.4) is 0 Å². The number of hydrogen-bond acceptors (Lipinski definition) is 2. The van der Waals surface area contributed by atoms with E-state index in [9.17, 15) is 0 Å². The summed E-state index contributed by atoms with van der Waals surface area (Å²) in [5, 5.41) is 0. The molecule has 0 atom stereocenters. The van der Waals surface area contributed by atoms with E-state index in [1.165, 1.54) is 0 Å². The number of rotatable bonds is 4. The quantitative estimate of drug-likeness (QED) is 0.485. The molecule has 0 saturated heterocycles. The molecule has 0 heterocycles. The number of methoxy groups -OCH3 is 1. The lowest BCUT2D eigenvalue weighted by atomic mass is 10.4. The fourth-order valence-electron chi connectivity index (χ4n) is 0.441. The van der Waals surface area contributed by atoms with E-state index in [0.29, 0.717) is 6.61 Å². The van der Waals surface area contributed by atoms with Crippen LogP contribution in [0.25, 0.3) is 0 Å². The number of ether oxygens (including phenoxy) is 1. The van der Waals surface area contributed by atoms with E-state index in [-0.39, 0.29) is 0 Å². The van der Waals surface area contributed by atoms with Crippen LogP contribution in [-0.2, 0) is 4.74 Å². The minimum absolute atomic E-state index is 0.620. The Kier molecular flexibility index (Phi) is 6.33. The minimum atomic E-state index is 0.620. The van der Waals surface area contributed by atoms with Crippen molar-refractivity contribution in [2.45, 2.75) is 0 Å². The van der Waals surface area contributed by atoms with Crippen LogP contribution in [0.1, 0.15) is 0 Å². The van der Waals surface area contributed by atoms with E-state index >= 15 is 0 Å². The normalized spacial score (nSPS) is 12.4. The van der Waals surface area contributed by atoms with Crippen LogP contribution in [-0.4, -0.2) is 13.7 Å². The zero-order valence-corrected chi connectivity index (χ0v) is 6.97. The highest BCUT2D eigenvalue weighted by molar-refractivity contribution is 7.84. The van der Waals surface area contributed by atoms with Crippen molar-refractivity contribution in [3.63, 3.8) is 0 Å². The number of thiol groups is 1. The van der Waals surface area contributed by atoms with E-state index in [1.54, 1.807) is 13.2 Å². The Morgan fingerprint density at radius 2 is 2.40 bits per heavy atom. The molecular weight excluding hydrogens is 144 g/mol. The Morgan fingerprint density at radius 3 is 2.90 bits per heavy atom. The molecule has 0 N–H and O–H groups in total. The summed E-state index contributed by atoms with van der Waals surface area (Å²) in [7, 11) is 1.65. The van der Waals surface area contributed by atoms with E-state index < -0.39 is 0 Å². The molecule has 0 radical (unpaired) electrons. The van der Waals surface area contributed by atoms with Crippen molar-refractivity contribution < 1.29 is 4.74 Å². The van der Waals surface area contributed by atoms with Crippen molar-refractivity contribution in [1.82, 2.24) is 0 Å². The molecule has 56 valence electrons. The first-order valence-electron chi connectivity index (χ1n) is 2.98. The average Bonchev–Trinajstić information content (AvgIpc) is 1.89. The van der Waals surface area contributed by atoms with Gasteiger partial charge in [0.25, 0.3) is 0 Å². The van der Waals surface area contributed by atoms with E-state index in [4.69, 9.17) is 4.74 Å². The van der Waals surface area contributed by atoms with Crippen molar-refractivity contribution in [3.05, 3.63) is 35.8 Å². The average molecular weight is 156 g/mol. The summed E-state index contributed by atoms with van der Waals surface area (Å²) in [6.45, 7) is 4.16. The van der Waals surface area contributed by atoms with E-state index in [1.807, 2.05) is 18.2 Å². The zero-order valence-electron chi connectivity index (χ0n) is 6.08. The first-order chi connectivity index (χ1) is 4.81. The molecule has 0 amide bonds. The van der Waals surface area contributed by atoms with Gasteiger partial charge in [-0.1, -0.05) is 24.8 Å². The topological polar surface area (TPSA) is 9.23 Å². The van der Waals surface area contributed by atoms with Crippen LogP contribution < -0.4 is 0 Å². The molecule has 0 saturated carbocycles. The Balaban J connectivity index is 3.65. The highest BCUT2D eigenvalue weighted by Gasteiger charge is 1.77. The van der Waals surface area contributed by atoms with Crippen LogP contribution in [0.5, 0.6) is 0 Å². The molecule has 0 aliphatic heterocycles. The van der Waals surface area contributed by atoms with Gasteiger partial charge in [-0.25, -0.2) is 0 Å². The molecule has 0 rings (SSSR count). The minimum Gasteiger partial charge on any atom is -0.381 e. The van der Waals surface area contributed by atoms with Crippen molar-refractivity contribution in [2.75, 3.05) is 13.7 Å². The standard InChI is InChI=1S/C8H12OS/c1-3-5-8(10)6-4-7-9-2/h3-6,10H,1,7H2,2H3/b6-4-,8-5+. The number of hydrogen-bond donors (Lipinski definition) is 1. The molecule has 10 heavy (non-hydrogen) atoms. The predicted molar refractivity (Wildman–Crippen MR) is 48.3 cm³/mol. The maximum absolute atomic E-state index is 4.80. The van der Waals surface area contributed by atoms with Crippen LogP contribution in [0.2, 0.25) is 0 Å². The first-order valence-corrected chi connectivity index (χ1v) is 3.43. The predicted octanol–water partition coefficient (Wildman–Crippen LogP) is 2.19. The Morgan fingerprint density at radius 1 is 1.70 bits per heavy atom. The number of allylic oxidation sites excluding steroid dienone is 3. The van der Waals surface area contributed by atoms with Gasteiger partial charge < -0.3 is 4.74 Å². The van der Waals surface area contributed by atoms with Gasteiger partial charge >= 0.3 is 0 Å². The summed E-state index contributed by atoms with van der Waals surface area (Å²) >= 11 is 4.13. The molecule has 0 bridgehead atoms. The van der Waals surface area contributed by atoms with Gasteiger partial charge in [-0.05, 0) is 6.08 Å². The van der Waals surface area contributed by atoms with Gasteiger partial charge in [-0.3, -0.25) is 0 Å². The van der Waals surface area contributed by atoms with Crippen molar-refractivity contribution >= 4 is 12.6 Å². The molecule has 1 nitrogen and oxygen atoms in total. The second kappa shape index (κ2) is 6.65. The van der Waals surface area contributed by atoms with Gasteiger partial charge in [0.15, 0.2) is 0 Å². The van der Waals surface area contributed by atoms with Crippen LogP contribution in [0.15, 0.2) is 35.8 Å². The highest BCUT2D eigenvalue weighted by atomic mass is 32.1. The van der Waals surface area contributed by atoms with Crippen LogP contribution in [0, 0.1) is 0 Å². The monoisotopic (exact) mass is 156 g/mol. The Hall–Kier alpha value is -0.470. The van der Waals surface area contributed by atoms with E-state index in [0.717, 1.165) is 4.91 Å². The van der Waals surface area contributed by atoms with Crippen molar-refractivity contribution in [1.29, 1.82) is 0 Å². The summed E-state index contributed by atoms with van der Waals surface area (Å²) in [6, 6.07) is 0. The lowest BCUT2D eigenvalue weighted by molar-refractivity contribution is 0.234. The van der Waals surface area contributed by atoms with Gasteiger partial charge in [0.1, 0.15) is 0 Å². The molecule has 0 spiro atoms. The second-order valence-corrected chi connectivity index (χ2v) is 2.20. The summed E-state index contributed by atoms with van der Waals surface area (Å²) in [4.78, 5) is 0.882. The van der Waals surface area contributed by atoms with Crippen molar-refractivity contribution in [2.24, 2.45) is 0 Å². The van der Waals surface area contributed by atoms with E-state index in [2.05, 4.69) is 19.2 Å². The summed E-state index contributed by atoms with van der Waals surface area (Å²) in [6.07, 6.45) is 7.27. The maximum Gasteiger partial charge on any atom is 0.0647 e. The third kappa shape index (κ3) is 5.66. The molecule has 0 aromatic rings. The molecule has 0 fully saturated rings. The molecule has 0 unspecified atom stereocenters. The fraction of sp³-hybridized carbons (Fsp3) is 0.250. The smallest absolute Gasteiger partial charge is 0.0647 e. The first kappa shape index (κ1) is 9.53. The van der Waals surface area contributed by atoms with Crippen LogP contribution in [0.4, 0.5) is 0 Å². The molecule has 0 aliphatic rings. The lowest BCUT2D eigenvalue weighted by Gasteiger charge is -1.88. The summed E-state index contributed by atoms with van der Waals surface area (Å²) in [5.41, 5.74) is 0. The fourth-order valence-corrected chi connectivity index (χ4v) is 0.652. The summed E-state index contributed by atoms with van der Waals surface area (Å²) < 4.78 is 4.80. The SMILES string of the molecule is C=C/C=C(S)\C=C/COC. The third-order valence-electron chi connectivity index (χ3n) is 0.840. The molecular formula is C8H12OS. The Bertz CT molecular complexity index is 147. The lowest BCUT2D eigenvalue weighted by Crippen LogP contribution is -1.79. The van der Waals surface area contributed by atoms with Crippen LogP contribution >= 0.6 is 12.6 Å². The van der Waals surface area contributed by atoms with Gasteiger partial charge in [0.2, 0.25) is 0 Å². The maximum atomic E-state index is 4.80. The summed E-state index contributed by atoms with van der Waals surface area (Å²) in [5.74, 6) is 0. The van der Waals surface area contributed by atoms with Gasteiger partial charge in [-0.15, -0.1) is 12.6 Å². The highest BCUT2D eigenvalue weighted by Crippen LogP contribution is 2.01. The van der Waals surface area contributed by atoms with Gasteiger partial charge in [-0.2, -0.15) is 0 Å². The van der Waals surface area contributed by atoms with Crippen molar-refractivity contribution in [3.8, 4) is 0 Å². The third-order valence-corrected chi connectivity index (χ3v) is 1.14. The largest absolute Gasteiger partial charge is 0.381 e. The second-order valence-electron chi connectivity index (χ2n) is 1.68. The molecule has 2 heteroatoms. The zero-order chi connectivity index (χ0) is 7.82.